The minimum atomic E-state index is -1.30. The molecule has 1 amide bonds. The Hall–Kier alpha value is -3.51. The quantitative estimate of drug-likeness (QED) is 0.739. The summed E-state index contributed by atoms with van der Waals surface area (Å²) in [6.45, 7) is 4.63. The van der Waals surface area contributed by atoms with Crippen LogP contribution in [0.25, 0.3) is 0 Å². The standard InChI is InChI=1S/C19H17FN6O2/c1-12-6-13(7-21)8-23-17(12)18(27)25-15-5-3-4-14(24-15)19(10-20)11-28-9-16(22-2)26-19/h3-6,8H,2,9-11H2,1H3,(H,24,25,27)/p+1. The van der Waals surface area contributed by atoms with Crippen LogP contribution in [0.15, 0.2) is 35.5 Å². The lowest BCUT2D eigenvalue weighted by molar-refractivity contribution is -0.314. The number of carbonyl (C=O) groups is 1. The lowest BCUT2D eigenvalue weighted by atomic mass is 9.97. The van der Waals surface area contributed by atoms with Crippen LogP contribution in [0.1, 0.15) is 27.3 Å². The number of nitrogens with zero attached hydrogens (tertiary/aromatic N) is 4. The van der Waals surface area contributed by atoms with Crippen LogP contribution in [0.2, 0.25) is 0 Å². The summed E-state index contributed by atoms with van der Waals surface area (Å²) in [5, 5.41) is 11.6. The van der Waals surface area contributed by atoms with Gasteiger partial charge in [-0.25, -0.2) is 14.4 Å². The van der Waals surface area contributed by atoms with E-state index in [-0.39, 0.29) is 24.7 Å². The first kappa shape index (κ1) is 19.3. The molecule has 2 aromatic heterocycles. The number of aryl methyl sites for hydroxylation is 1. The summed E-state index contributed by atoms with van der Waals surface area (Å²) in [6, 6.07) is 8.40. The predicted octanol–water partition coefficient (Wildman–Crippen LogP) is 0.284. The third-order valence-corrected chi connectivity index (χ3v) is 4.24. The van der Waals surface area contributed by atoms with Crippen LogP contribution in [0, 0.1) is 18.3 Å². The van der Waals surface area contributed by atoms with Gasteiger partial charge in [0, 0.05) is 6.20 Å². The van der Waals surface area contributed by atoms with E-state index in [1.54, 1.807) is 31.2 Å². The smallest absolute Gasteiger partial charge is 0.317 e. The number of alkyl halides is 1. The molecule has 0 spiro atoms. The van der Waals surface area contributed by atoms with Crippen LogP contribution in [0.3, 0.4) is 0 Å². The Morgan fingerprint density at radius 1 is 1.54 bits per heavy atom. The Labute approximate surface area is 160 Å². The summed E-state index contributed by atoms with van der Waals surface area (Å²) >= 11 is 0. The fourth-order valence-electron chi connectivity index (χ4n) is 2.81. The van der Waals surface area contributed by atoms with Gasteiger partial charge in [0.25, 0.3) is 5.91 Å². The first-order chi connectivity index (χ1) is 13.5. The molecule has 28 heavy (non-hydrogen) atoms. The molecule has 0 bridgehead atoms. The van der Waals surface area contributed by atoms with Crippen molar-refractivity contribution in [2.45, 2.75) is 12.5 Å². The number of aliphatic imine (C=N–C) groups is 1. The van der Waals surface area contributed by atoms with E-state index < -0.39 is 18.1 Å². The van der Waals surface area contributed by atoms with E-state index in [1.165, 1.54) is 6.20 Å². The van der Waals surface area contributed by atoms with Gasteiger partial charge < -0.3 is 10.1 Å². The molecule has 1 aliphatic rings. The van der Waals surface area contributed by atoms with Crippen LogP contribution in [0.4, 0.5) is 10.2 Å². The molecule has 3 rings (SSSR count). The van der Waals surface area contributed by atoms with Crippen LogP contribution < -0.4 is 10.3 Å². The Morgan fingerprint density at radius 2 is 2.36 bits per heavy atom. The second-order valence-corrected chi connectivity index (χ2v) is 6.26. The van der Waals surface area contributed by atoms with Crippen molar-refractivity contribution >= 4 is 24.3 Å². The molecule has 142 valence electrons. The maximum Gasteiger partial charge on any atom is 0.317 e. The topological polar surface area (TPSA) is 114 Å². The number of rotatable bonds is 4. The zero-order chi connectivity index (χ0) is 20.1. The van der Waals surface area contributed by atoms with Gasteiger partial charge in [0.05, 0.1) is 18.0 Å². The van der Waals surface area contributed by atoms with E-state index in [0.717, 1.165) is 0 Å². The molecule has 0 radical (unpaired) electrons. The number of nitriles is 1. The summed E-state index contributed by atoms with van der Waals surface area (Å²) in [5.41, 5.74) is 0.119. The highest BCUT2D eigenvalue weighted by atomic mass is 19.1. The number of amides is 1. The highest BCUT2D eigenvalue weighted by molar-refractivity contribution is 6.03. The highest BCUT2D eigenvalue weighted by Crippen LogP contribution is 2.28. The number of amidine groups is 1. The number of ether oxygens (including phenoxy) is 1. The van der Waals surface area contributed by atoms with Gasteiger partial charge in [0.1, 0.15) is 30.9 Å². The van der Waals surface area contributed by atoms with Crippen LogP contribution in [0.5, 0.6) is 0 Å². The van der Waals surface area contributed by atoms with Crippen molar-refractivity contribution in [3.05, 3.63) is 53.0 Å². The zero-order valence-electron chi connectivity index (χ0n) is 15.2. The maximum absolute atomic E-state index is 13.9. The molecule has 0 aromatic carbocycles. The number of pyridine rings is 2. The summed E-state index contributed by atoms with van der Waals surface area (Å²) in [5.74, 6) is 0.160. The first-order valence-corrected chi connectivity index (χ1v) is 8.42. The number of anilines is 1. The van der Waals surface area contributed by atoms with Crippen molar-refractivity contribution in [2.24, 2.45) is 4.99 Å². The van der Waals surface area contributed by atoms with E-state index in [1.807, 2.05) is 6.07 Å². The van der Waals surface area contributed by atoms with Gasteiger partial charge in [-0.05, 0) is 30.7 Å². The number of nitrogens with one attached hydrogen (secondary N) is 2. The molecule has 0 saturated carbocycles. The summed E-state index contributed by atoms with van der Waals surface area (Å²) in [4.78, 5) is 27.9. The van der Waals surface area contributed by atoms with E-state index in [4.69, 9.17) is 10.00 Å². The molecule has 0 aliphatic carbocycles. The van der Waals surface area contributed by atoms with Gasteiger partial charge in [-0.1, -0.05) is 11.1 Å². The molecule has 8 nitrogen and oxygen atoms in total. The highest BCUT2D eigenvalue weighted by Gasteiger charge is 2.44. The van der Waals surface area contributed by atoms with Gasteiger partial charge in [-0.3, -0.25) is 9.79 Å². The third-order valence-electron chi connectivity index (χ3n) is 4.24. The van der Waals surface area contributed by atoms with E-state index >= 15 is 0 Å². The second-order valence-electron chi connectivity index (χ2n) is 6.26. The Balaban J connectivity index is 1.88. The minimum absolute atomic E-state index is 0.0232. The molecule has 0 saturated heterocycles. The first-order valence-electron chi connectivity index (χ1n) is 8.42. The normalized spacial score (nSPS) is 18.7. The van der Waals surface area contributed by atoms with Gasteiger partial charge in [0.15, 0.2) is 6.61 Å². The molecule has 2 N–H and O–H groups in total. The predicted molar refractivity (Wildman–Crippen MR) is 99.9 cm³/mol. The maximum atomic E-state index is 13.9. The van der Waals surface area contributed by atoms with E-state index in [2.05, 4.69) is 32.0 Å². The molecule has 3 heterocycles. The van der Waals surface area contributed by atoms with Gasteiger partial charge in [-0.15, -0.1) is 0 Å². The van der Waals surface area contributed by atoms with Crippen molar-refractivity contribution in [1.29, 1.82) is 5.26 Å². The number of hydrogen-bond acceptors (Lipinski definition) is 6. The van der Waals surface area contributed by atoms with E-state index in [9.17, 15) is 9.18 Å². The lowest BCUT2D eigenvalue weighted by Gasteiger charge is -2.24. The van der Waals surface area contributed by atoms with Crippen LogP contribution >= 0.6 is 0 Å². The lowest BCUT2D eigenvalue weighted by Crippen LogP contribution is -2.74. The monoisotopic (exact) mass is 381 g/mol. The second kappa shape index (κ2) is 8.02. The Bertz CT molecular complexity index is 1000. The van der Waals surface area contributed by atoms with Gasteiger partial charge in [0.2, 0.25) is 5.54 Å². The summed E-state index contributed by atoms with van der Waals surface area (Å²) in [7, 11) is 0. The number of aromatic nitrogens is 2. The van der Waals surface area contributed by atoms with Crippen molar-refractivity contribution in [1.82, 2.24) is 9.97 Å². The SMILES string of the molecule is C=[NH+]C1=NC(CF)(c2cccc(NC(=O)c3ncc(C#N)cc3C)n2)COC1. The molecular weight excluding hydrogens is 363 g/mol. The fourth-order valence-corrected chi connectivity index (χ4v) is 2.81. The Kier molecular flexibility index (Phi) is 5.52. The molecule has 1 atom stereocenters. The molecule has 0 fully saturated rings. The summed E-state index contributed by atoms with van der Waals surface area (Å²) < 4.78 is 19.3. The number of carbonyl (C=O) groups excluding carboxylic acids is 1. The molecule has 2 aromatic rings. The largest absolute Gasteiger partial charge is 0.363 e. The summed E-state index contributed by atoms with van der Waals surface area (Å²) in [6.07, 6.45) is 1.32. The van der Waals surface area contributed by atoms with Crippen LogP contribution in [-0.4, -0.2) is 48.3 Å². The average molecular weight is 381 g/mol. The molecule has 9 heteroatoms. The average Bonchev–Trinajstić information content (AvgIpc) is 2.73. The third kappa shape index (κ3) is 3.77. The number of hydrogen-bond donors (Lipinski definition) is 2. The zero-order valence-corrected chi connectivity index (χ0v) is 15.2. The Morgan fingerprint density at radius 3 is 3.04 bits per heavy atom. The molecule has 1 aliphatic heterocycles. The molecular formula is C19H18FN6O2+. The van der Waals surface area contributed by atoms with Crippen molar-refractivity contribution in [3.8, 4) is 6.07 Å². The van der Waals surface area contributed by atoms with Crippen molar-refractivity contribution in [3.63, 3.8) is 0 Å². The fraction of sp³-hybridized carbons (Fsp3) is 0.263. The van der Waals surface area contributed by atoms with Gasteiger partial charge >= 0.3 is 5.84 Å². The van der Waals surface area contributed by atoms with Crippen molar-refractivity contribution in [2.75, 3.05) is 25.2 Å². The number of halogens is 1. The van der Waals surface area contributed by atoms with Crippen LogP contribution in [-0.2, 0) is 10.3 Å². The van der Waals surface area contributed by atoms with Crippen molar-refractivity contribution < 1.29 is 18.9 Å². The minimum Gasteiger partial charge on any atom is -0.363 e. The van der Waals surface area contributed by atoms with Gasteiger partial charge in [-0.2, -0.15) is 5.26 Å². The molecule has 1 unspecified atom stereocenters. The van der Waals surface area contributed by atoms with E-state index in [0.29, 0.717) is 22.7 Å².